The maximum Gasteiger partial charge on any atom is 0.260 e. The predicted molar refractivity (Wildman–Crippen MR) is 159 cm³/mol. The highest BCUT2D eigenvalue weighted by molar-refractivity contribution is 7.81. The third-order valence-corrected chi connectivity index (χ3v) is 7.63. The third kappa shape index (κ3) is 3.82. The van der Waals surface area contributed by atoms with Crippen molar-refractivity contribution < 1.29 is 9.59 Å². The minimum atomic E-state index is -0.535. The summed E-state index contributed by atoms with van der Waals surface area (Å²) in [6, 6.07) is 20.5. The second kappa shape index (κ2) is 9.13. The number of ketones is 2. The van der Waals surface area contributed by atoms with Crippen molar-refractivity contribution in [2.24, 2.45) is 0 Å². The molecule has 1 heterocycles. The number of nitrogens with one attached hydrogen (secondary N) is 2. The van der Waals surface area contributed by atoms with Crippen molar-refractivity contribution in [1.82, 2.24) is 4.98 Å². The van der Waals surface area contributed by atoms with E-state index < -0.39 is 11.3 Å². The van der Waals surface area contributed by atoms with Crippen LogP contribution in [0.15, 0.2) is 92.3 Å². The summed E-state index contributed by atoms with van der Waals surface area (Å²) in [5.74, 6) is -0.689. The van der Waals surface area contributed by atoms with Crippen molar-refractivity contribution in [3.05, 3.63) is 105 Å². The van der Waals surface area contributed by atoms with Gasteiger partial charge in [0.1, 0.15) is 0 Å². The molecule has 9 heteroatoms. The SMILES string of the molecule is Nc1cc(Nc2ccc3[nH]c(=O)c(C(=O)c4cccc(S)c4)c4c3c2C(=O)c2ccccc2-4)c(S)cc1S. The van der Waals surface area contributed by atoms with E-state index in [0.29, 0.717) is 70.5 Å². The summed E-state index contributed by atoms with van der Waals surface area (Å²) in [6.45, 7) is 0. The first kappa shape index (κ1) is 24.4. The molecule has 6 rings (SSSR count). The fourth-order valence-corrected chi connectivity index (χ4v) is 5.65. The van der Waals surface area contributed by atoms with E-state index >= 15 is 0 Å². The number of benzene rings is 4. The van der Waals surface area contributed by atoms with Crippen LogP contribution in [0.3, 0.4) is 0 Å². The number of nitrogens with two attached hydrogens (primary N) is 1. The van der Waals surface area contributed by atoms with E-state index in [2.05, 4.69) is 48.2 Å². The van der Waals surface area contributed by atoms with E-state index in [1.54, 1.807) is 72.8 Å². The Morgan fingerprint density at radius 3 is 2.32 bits per heavy atom. The van der Waals surface area contributed by atoms with Crippen molar-refractivity contribution in [2.45, 2.75) is 14.7 Å². The molecular formula is C29H19N3O3S3. The Hall–Kier alpha value is -3.92. The Labute approximate surface area is 233 Å². The van der Waals surface area contributed by atoms with Gasteiger partial charge in [0.15, 0.2) is 11.6 Å². The van der Waals surface area contributed by atoms with Crippen LogP contribution < -0.4 is 16.6 Å². The first-order chi connectivity index (χ1) is 18.2. The Kier molecular flexibility index (Phi) is 5.86. The van der Waals surface area contributed by atoms with Gasteiger partial charge < -0.3 is 16.0 Å². The number of pyridine rings is 1. The van der Waals surface area contributed by atoms with Crippen LogP contribution in [-0.4, -0.2) is 16.6 Å². The second-order valence-corrected chi connectivity index (χ2v) is 10.4. The molecule has 0 aliphatic heterocycles. The molecule has 1 aliphatic rings. The fourth-order valence-electron chi connectivity index (χ4n) is 4.88. The molecule has 6 nitrogen and oxygen atoms in total. The largest absolute Gasteiger partial charge is 0.398 e. The molecule has 1 aromatic heterocycles. The van der Waals surface area contributed by atoms with Crippen molar-refractivity contribution in [2.75, 3.05) is 11.1 Å². The molecule has 0 spiro atoms. The lowest BCUT2D eigenvalue weighted by atomic mass is 9.80. The van der Waals surface area contributed by atoms with E-state index in [1.165, 1.54) is 0 Å². The number of fused-ring (bicyclic) bond motifs is 2. The minimum absolute atomic E-state index is 0.0339. The molecule has 0 saturated carbocycles. The first-order valence-electron chi connectivity index (χ1n) is 11.5. The van der Waals surface area contributed by atoms with Gasteiger partial charge in [0.05, 0.1) is 22.5 Å². The summed E-state index contributed by atoms with van der Waals surface area (Å²) in [7, 11) is 0. The van der Waals surface area contributed by atoms with Crippen molar-refractivity contribution in [3.63, 3.8) is 0 Å². The molecule has 0 bridgehead atoms. The Balaban J connectivity index is 1.68. The lowest BCUT2D eigenvalue weighted by Crippen LogP contribution is -2.24. The maximum absolute atomic E-state index is 13.9. The molecule has 1 aliphatic carbocycles. The van der Waals surface area contributed by atoms with Gasteiger partial charge in [-0.15, -0.1) is 37.9 Å². The Bertz CT molecular complexity index is 1910. The van der Waals surface area contributed by atoms with Crippen molar-refractivity contribution in [1.29, 1.82) is 0 Å². The zero-order valence-electron chi connectivity index (χ0n) is 19.6. The normalized spacial score (nSPS) is 11.9. The standard InChI is InChI=1S/C29H19N3O3S3/c30-17-11-20(22(38)12-21(17)37)31-19-9-8-18-24-23(15-6-1-2-7-16(15)28(34)25(19)24)26(29(35)32-18)27(33)13-4-3-5-14(36)10-13/h1-12,31,36-38H,30H2,(H,32,35). The first-order valence-corrected chi connectivity index (χ1v) is 12.9. The molecule has 4 aromatic carbocycles. The molecular weight excluding hydrogens is 535 g/mol. The molecule has 4 N–H and O–H groups in total. The van der Waals surface area contributed by atoms with Gasteiger partial charge in [-0.25, -0.2) is 0 Å². The number of carbonyl (C=O) groups excluding carboxylic acids is 2. The monoisotopic (exact) mass is 553 g/mol. The van der Waals surface area contributed by atoms with E-state index in [9.17, 15) is 14.4 Å². The molecule has 0 saturated heterocycles. The van der Waals surface area contributed by atoms with Crippen LogP contribution in [0.25, 0.3) is 22.0 Å². The number of H-pyrrole nitrogens is 1. The maximum atomic E-state index is 13.9. The van der Waals surface area contributed by atoms with E-state index in [4.69, 9.17) is 5.73 Å². The number of aromatic amines is 1. The highest BCUT2D eigenvalue weighted by Crippen LogP contribution is 2.44. The average molecular weight is 554 g/mol. The summed E-state index contributed by atoms with van der Waals surface area (Å²) >= 11 is 13.2. The average Bonchev–Trinajstić information content (AvgIpc) is 2.90. The number of hydrogen-bond donors (Lipinski definition) is 6. The van der Waals surface area contributed by atoms with E-state index in [-0.39, 0.29) is 11.3 Å². The van der Waals surface area contributed by atoms with Gasteiger partial charge in [0.2, 0.25) is 0 Å². The third-order valence-electron chi connectivity index (χ3n) is 6.60. The molecule has 38 heavy (non-hydrogen) atoms. The van der Waals surface area contributed by atoms with Gasteiger partial charge in [-0.2, -0.15) is 0 Å². The highest BCUT2D eigenvalue weighted by Gasteiger charge is 2.33. The summed E-state index contributed by atoms with van der Waals surface area (Å²) < 4.78 is 0. The Morgan fingerprint density at radius 2 is 1.55 bits per heavy atom. The summed E-state index contributed by atoms with van der Waals surface area (Å²) in [4.78, 5) is 45.7. The molecule has 5 aromatic rings. The molecule has 0 fully saturated rings. The van der Waals surface area contributed by atoms with Crippen LogP contribution in [0, 0.1) is 0 Å². The quantitative estimate of drug-likeness (QED) is 0.0891. The van der Waals surface area contributed by atoms with Gasteiger partial charge >= 0.3 is 0 Å². The number of nitrogen functional groups attached to an aromatic ring is 1. The van der Waals surface area contributed by atoms with Crippen molar-refractivity contribution >= 4 is 77.4 Å². The molecule has 0 atom stereocenters. The minimum Gasteiger partial charge on any atom is -0.398 e. The van der Waals surface area contributed by atoms with Gasteiger partial charge in [0, 0.05) is 48.0 Å². The summed E-state index contributed by atoms with van der Waals surface area (Å²) in [6.07, 6.45) is 0. The predicted octanol–water partition coefficient (Wildman–Crippen LogP) is 6.16. The molecule has 0 radical (unpaired) electrons. The fraction of sp³-hybridized carbons (Fsp3) is 0. The molecule has 0 unspecified atom stereocenters. The van der Waals surface area contributed by atoms with Crippen LogP contribution in [0.2, 0.25) is 0 Å². The van der Waals surface area contributed by atoms with Gasteiger partial charge in [-0.05, 0) is 42.0 Å². The molecule has 0 amide bonds. The van der Waals surface area contributed by atoms with Crippen LogP contribution in [0.4, 0.5) is 17.1 Å². The second-order valence-electron chi connectivity index (χ2n) is 8.92. The zero-order valence-corrected chi connectivity index (χ0v) is 22.3. The number of anilines is 3. The topological polar surface area (TPSA) is 105 Å². The summed E-state index contributed by atoms with van der Waals surface area (Å²) in [5.41, 5.74) is 9.48. The summed E-state index contributed by atoms with van der Waals surface area (Å²) in [5, 5.41) is 3.77. The van der Waals surface area contributed by atoms with E-state index in [0.717, 1.165) is 0 Å². The van der Waals surface area contributed by atoms with Crippen molar-refractivity contribution in [3.8, 4) is 11.1 Å². The highest BCUT2D eigenvalue weighted by atomic mass is 32.1. The van der Waals surface area contributed by atoms with Crippen LogP contribution >= 0.6 is 37.9 Å². The smallest absolute Gasteiger partial charge is 0.260 e. The number of rotatable bonds is 4. The van der Waals surface area contributed by atoms with Crippen LogP contribution in [0.5, 0.6) is 0 Å². The van der Waals surface area contributed by atoms with Gasteiger partial charge in [0.25, 0.3) is 5.56 Å². The lowest BCUT2D eigenvalue weighted by Gasteiger charge is -2.24. The molecule has 186 valence electrons. The number of hydrogen-bond acceptors (Lipinski definition) is 8. The van der Waals surface area contributed by atoms with Gasteiger partial charge in [-0.3, -0.25) is 14.4 Å². The van der Waals surface area contributed by atoms with E-state index in [1.807, 2.05) is 0 Å². The van der Waals surface area contributed by atoms with Gasteiger partial charge in [-0.1, -0.05) is 36.4 Å². The van der Waals surface area contributed by atoms with Crippen LogP contribution in [0.1, 0.15) is 31.8 Å². The van der Waals surface area contributed by atoms with Crippen LogP contribution in [-0.2, 0) is 0 Å². The number of carbonyl (C=O) groups is 2. The zero-order chi connectivity index (χ0) is 26.7. The number of aromatic nitrogens is 1. The lowest BCUT2D eigenvalue weighted by molar-refractivity contribution is 0.102. The Morgan fingerprint density at radius 1 is 0.789 bits per heavy atom. The number of thiol groups is 3.